The third-order valence-electron chi connectivity index (χ3n) is 4.65. The fourth-order valence-corrected chi connectivity index (χ4v) is 4.14. The van der Waals surface area contributed by atoms with Crippen molar-refractivity contribution in [3.8, 4) is 10.6 Å². The Morgan fingerprint density at radius 1 is 1.33 bits per heavy atom. The van der Waals surface area contributed by atoms with Gasteiger partial charge in [-0.3, -0.25) is 4.90 Å². The molecule has 2 atom stereocenters. The molecule has 0 bridgehead atoms. The first-order valence-corrected chi connectivity index (χ1v) is 8.56. The zero-order valence-electron chi connectivity index (χ0n) is 12.0. The van der Waals surface area contributed by atoms with Crippen LogP contribution in [0.3, 0.4) is 0 Å². The molecule has 0 radical (unpaired) electrons. The van der Waals surface area contributed by atoms with Gasteiger partial charge in [0.25, 0.3) is 0 Å². The van der Waals surface area contributed by atoms with Crippen LogP contribution in [-0.4, -0.2) is 36.4 Å². The summed E-state index contributed by atoms with van der Waals surface area (Å²) in [6, 6.07) is 6.19. The lowest BCUT2D eigenvalue weighted by Crippen LogP contribution is -2.23. The second kappa shape index (κ2) is 5.91. The quantitative estimate of drug-likeness (QED) is 0.869. The molecule has 2 aromatic heterocycles. The van der Waals surface area contributed by atoms with Gasteiger partial charge in [-0.1, -0.05) is 11.2 Å². The van der Waals surface area contributed by atoms with E-state index >= 15 is 0 Å². The second-order valence-electron chi connectivity index (χ2n) is 6.07. The molecule has 2 aromatic rings. The number of rotatable bonds is 4. The average molecular weight is 304 g/mol. The molecule has 4 nitrogen and oxygen atoms in total. The molecule has 4 heterocycles. The number of ether oxygens (including phenoxy) is 1. The van der Waals surface area contributed by atoms with Crippen LogP contribution in [0.4, 0.5) is 0 Å². The van der Waals surface area contributed by atoms with Gasteiger partial charge in [0.2, 0.25) is 0 Å². The number of hydrogen-bond donors (Lipinski definition) is 0. The van der Waals surface area contributed by atoms with Crippen LogP contribution in [0.5, 0.6) is 0 Å². The maximum absolute atomic E-state index is 5.52. The molecular weight excluding hydrogens is 284 g/mol. The standard InChI is InChI=1S/C16H20N2O2S/c1-2-16(21-7-1)15-8-14(17-20-15)10-18-5-3-12(9-18)13-4-6-19-11-13/h1-2,7-8,12-13H,3-6,9-11H2. The van der Waals surface area contributed by atoms with E-state index in [-0.39, 0.29) is 0 Å². The van der Waals surface area contributed by atoms with Crippen LogP contribution in [0.1, 0.15) is 18.5 Å². The molecule has 2 saturated heterocycles. The minimum absolute atomic E-state index is 0.772. The highest BCUT2D eigenvalue weighted by atomic mass is 32.1. The lowest BCUT2D eigenvalue weighted by Gasteiger charge is -2.17. The summed E-state index contributed by atoms with van der Waals surface area (Å²) in [5, 5.41) is 6.29. The molecule has 2 aliphatic heterocycles. The van der Waals surface area contributed by atoms with Crippen molar-refractivity contribution in [2.75, 3.05) is 26.3 Å². The Morgan fingerprint density at radius 3 is 3.14 bits per heavy atom. The Kier molecular flexibility index (Phi) is 3.80. The normalized spacial score (nSPS) is 26.7. The molecule has 21 heavy (non-hydrogen) atoms. The van der Waals surface area contributed by atoms with E-state index in [0.29, 0.717) is 0 Å². The molecule has 5 heteroatoms. The summed E-state index contributed by atoms with van der Waals surface area (Å²) in [6.07, 6.45) is 2.54. The zero-order chi connectivity index (χ0) is 14.1. The minimum atomic E-state index is 0.772. The molecule has 0 aromatic carbocycles. The van der Waals surface area contributed by atoms with Crippen molar-refractivity contribution in [3.63, 3.8) is 0 Å². The van der Waals surface area contributed by atoms with E-state index in [9.17, 15) is 0 Å². The van der Waals surface area contributed by atoms with Crippen LogP contribution < -0.4 is 0 Å². The number of likely N-dealkylation sites (tertiary alicyclic amines) is 1. The minimum Gasteiger partial charge on any atom is -0.381 e. The van der Waals surface area contributed by atoms with Crippen molar-refractivity contribution in [2.45, 2.75) is 19.4 Å². The Bertz CT molecular complexity index is 575. The summed E-state index contributed by atoms with van der Waals surface area (Å²) < 4.78 is 11.0. The molecule has 0 amide bonds. The molecule has 4 rings (SSSR count). The van der Waals surface area contributed by atoms with Crippen LogP contribution >= 0.6 is 11.3 Å². The fourth-order valence-electron chi connectivity index (χ4n) is 3.47. The highest BCUT2D eigenvalue weighted by Gasteiger charge is 2.32. The zero-order valence-corrected chi connectivity index (χ0v) is 12.8. The van der Waals surface area contributed by atoms with Crippen molar-refractivity contribution in [2.24, 2.45) is 11.8 Å². The van der Waals surface area contributed by atoms with Crippen molar-refractivity contribution in [1.29, 1.82) is 0 Å². The summed E-state index contributed by atoms with van der Waals surface area (Å²) in [5.41, 5.74) is 1.04. The van der Waals surface area contributed by atoms with Gasteiger partial charge in [-0.2, -0.15) is 0 Å². The molecule has 0 spiro atoms. The van der Waals surface area contributed by atoms with E-state index < -0.39 is 0 Å². The maximum atomic E-state index is 5.52. The van der Waals surface area contributed by atoms with Crippen LogP contribution in [-0.2, 0) is 11.3 Å². The van der Waals surface area contributed by atoms with E-state index in [0.717, 1.165) is 47.9 Å². The van der Waals surface area contributed by atoms with Crippen LogP contribution in [0.15, 0.2) is 28.1 Å². The molecule has 0 saturated carbocycles. The summed E-state index contributed by atoms with van der Waals surface area (Å²) in [7, 11) is 0. The Morgan fingerprint density at radius 2 is 2.33 bits per heavy atom. The van der Waals surface area contributed by atoms with Crippen molar-refractivity contribution in [3.05, 3.63) is 29.3 Å². The van der Waals surface area contributed by atoms with Crippen molar-refractivity contribution in [1.82, 2.24) is 10.1 Å². The Hall–Kier alpha value is -1.17. The topological polar surface area (TPSA) is 38.5 Å². The van der Waals surface area contributed by atoms with Crippen LogP contribution in [0, 0.1) is 11.8 Å². The highest BCUT2D eigenvalue weighted by Crippen LogP contribution is 2.31. The van der Waals surface area contributed by atoms with Gasteiger partial charge >= 0.3 is 0 Å². The summed E-state index contributed by atoms with van der Waals surface area (Å²) >= 11 is 1.69. The van der Waals surface area contributed by atoms with E-state index in [4.69, 9.17) is 9.26 Å². The largest absolute Gasteiger partial charge is 0.381 e. The maximum Gasteiger partial charge on any atom is 0.177 e. The van der Waals surface area contributed by atoms with Crippen molar-refractivity contribution >= 4 is 11.3 Å². The smallest absolute Gasteiger partial charge is 0.177 e. The molecule has 0 N–H and O–H groups in total. The summed E-state index contributed by atoms with van der Waals surface area (Å²) in [4.78, 5) is 3.65. The molecule has 2 fully saturated rings. The lowest BCUT2D eigenvalue weighted by atomic mass is 9.91. The van der Waals surface area contributed by atoms with Gasteiger partial charge in [0, 0.05) is 32.4 Å². The third kappa shape index (κ3) is 2.91. The van der Waals surface area contributed by atoms with Gasteiger partial charge in [0.1, 0.15) is 0 Å². The molecular formula is C16H20N2O2S. The van der Waals surface area contributed by atoms with Crippen molar-refractivity contribution < 1.29 is 9.26 Å². The number of hydrogen-bond acceptors (Lipinski definition) is 5. The molecule has 2 unspecified atom stereocenters. The molecule has 2 aliphatic rings. The lowest BCUT2D eigenvalue weighted by molar-refractivity contribution is 0.171. The summed E-state index contributed by atoms with van der Waals surface area (Å²) in [5.74, 6) is 2.46. The first-order chi connectivity index (χ1) is 10.4. The van der Waals surface area contributed by atoms with Gasteiger partial charge in [-0.25, -0.2) is 0 Å². The van der Waals surface area contributed by atoms with Crippen LogP contribution in [0.2, 0.25) is 0 Å². The molecule has 0 aliphatic carbocycles. The molecule has 112 valence electrons. The Labute approximate surface area is 128 Å². The van der Waals surface area contributed by atoms with E-state index in [2.05, 4.69) is 27.6 Å². The first kappa shape index (κ1) is 13.5. The van der Waals surface area contributed by atoms with Crippen LogP contribution in [0.25, 0.3) is 10.6 Å². The van der Waals surface area contributed by atoms with E-state index in [1.54, 1.807) is 11.3 Å². The third-order valence-corrected chi connectivity index (χ3v) is 5.53. The van der Waals surface area contributed by atoms with E-state index in [1.165, 1.54) is 25.9 Å². The fraction of sp³-hybridized carbons (Fsp3) is 0.562. The van der Waals surface area contributed by atoms with Gasteiger partial charge in [-0.15, -0.1) is 11.3 Å². The summed E-state index contributed by atoms with van der Waals surface area (Å²) in [6.45, 7) is 5.16. The first-order valence-electron chi connectivity index (χ1n) is 7.68. The van der Waals surface area contributed by atoms with Gasteiger partial charge in [0.15, 0.2) is 5.76 Å². The highest BCUT2D eigenvalue weighted by molar-refractivity contribution is 7.13. The van der Waals surface area contributed by atoms with Gasteiger partial charge < -0.3 is 9.26 Å². The average Bonchev–Trinajstić information content (AvgIpc) is 3.28. The Balaban J connectivity index is 1.36. The predicted molar refractivity (Wildman–Crippen MR) is 82.1 cm³/mol. The number of aromatic nitrogens is 1. The van der Waals surface area contributed by atoms with Gasteiger partial charge in [0.05, 0.1) is 10.6 Å². The predicted octanol–water partition coefficient (Wildman–Crippen LogP) is 3.26. The number of nitrogens with zero attached hydrogens (tertiary/aromatic N) is 2. The van der Waals surface area contributed by atoms with E-state index in [1.807, 2.05) is 6.07 Å². The monoisotopic (exact) mass is 304 g/mol. The SMILES string of the molecule is c1csc(-c2cc(CN3CCC(C4CCOC4)C3)no2)c1. The second-order valence-corrected chi connectivity index (χ2v) is 7.02. The van der Waals surface area contributed by atoms with Gasteiger partial charge in [-0.05, 0) is 42.7 Å². The number of thiophene rings is 1.